The first-order valence-electron chi connectivity index (χ1n) is 3.09. The molecule has 1 fully saturated rings. The van der Waals surface area contributed by atoms with Crippen LogP contribution in [0, 0.1) is 0 Å². The van der Waals surface area contributed by atoms with Gasteiger partial charge in [0.2, 0.25) is 0 Å². The van der Waals surface area contributed by atoms with Crippen LogP contribution in [-0.2, 0) is 9.53 Å². The Morgan fingerprint density at radius 1 is 1.60 bits per heavy atom. The van der Waals surface area contributed by atoms with Gasteiger partial charge in [0.15, 0.2) is 5.60 Å². The molecule has 0 saturated carbocycles. The van der Waals surface area contributed by atoms with Gasteiger partial charge in [0.25, 0.3) is 5.91 Å². The smallest absolute Gasteiger partial charge is 0.256 e. The first-order chi connectivity index (χ1) is 4.76. The molecule has 3 heteroatoms. The molecule has 2 rings (SSSR count). The minimum Gasteiger partial charge on any atom is -0.367 e. The summed E-state index contributed by atoms with van der Waals surface area (Å²) < 4.78 is 5.08. The fourth-order valence-corrected chi connectivity index (χ4v) is 1.14. The summed E-state index contributed by atoms with van der Waals surface area (Å²) >= 11 is 0. The molecule has 0 aromatic heterocycles. The summed E-state index contributed by atoms with van der Waals surface area (Å²) in [7, 11) is 0. The lowest BCUT2D eigenvalue weighted by Crippen LogP contribution is -2.32. The third-order valence-electron chi connectivity index (χ3n) is 1.81. The van der Waals surface area contributed by atoms with Crippen molar-refractivity contribution >= 4 is 5.91 Å². The largest absolute Gasteiger partial charge is 0.367 e. The third kappa shape index (κ3) is 0.503. The molecule has 1 heterocycles. The topological polar surface area (TPSA) is 55.6 Å². The number of amides is 1. The highest BCUT2D eigenvalue weighted by molar-refractivity contribution is 5.90. The molecule has 1 amide bonds. The molecular formula is C7H7NO2. The van der Waals surface area contributed by atoms with Crippen LogP contribution in [0.2, 0.25) is 0 Å². The van der Waals surface area contributed by atoms with Gasteiger partial charge in [-0.3, -0.25) is 4.79 Å². The van der Waals surface area contributed by atoms with E-state index in [0.29, 0.717) is 0 Å². The molecule has 2 aliphatic rings. The fourth-order valence-electron chi connectivity index (χ4n) is 1.14. The molecule has 10 heavy (non-hydrogen) atoms. The second-order valence-electron chi connectivity index (χ2n) is 2.44. The SMILES string of the molecule is NC(=O)C12C=CC=CC1O2. The number of rotatable bonds is 1. The summed E-state index contributed by atoms with van der Waals surface area (Å²) in [5, 5.41) is 0. The second kappa shape index (κ2) is 1.49. The van der Waals surface area contributed by atoms with Crippen LogP contribution >= 0.6 is 0 Å². The van der Waals surface area contributed by atoms with Crippen LogP contribution in [0.5, 0.6) is 0 Å². The zero-order valence-corrected chi connectivity index (χ0v) is 5.28. The van der Waals surface area contributed by atoms with E-state index >= 15 is 0 Å². The van der Waals surface area contributed by atoms with E-state index in [4.69, 9.17) is 10.5 Å². The van der Waals surface area contributed by atoms with E-state index in [0.717, 1.165) is 0 Å². The maximum absolute atomic E-state index is 10.7. The zero-order chi connectivity index (χ0) is 7.19. The lowest BCUT2D eigenvalue weighted by molar-refractivity contribution is -0.121. The summed E-state index contributed by atoms with van der Waals surface area (Å²) in [6.45, 7) is 0. The van der Waals surface area contributed by atoms with Crippen molar-refractivity contribution < 1.29 is 9.53 Å². The van der Waals surface area contributed by atoms with Gasteiger partial charge in [-0.15, -0.1) is 0 Å². The molecule has 2 N–H and O–H groups in total. The van der Waals surface area contributed by atoms with Crippen molar-refractivity contribution in [1.82, 2.24) is 0 Å². The van der Waals surface area contributed by atoms with Crippen LogP contribution in [0.3, 0.4) is 0 Å². The molecule has 0 aromatic carbocycles. The molecule has 0 spiro atoms. The Morgan fingerprint density at radius 3 is 2.90 bits per heavy atom. The lowest BCUT2D eigenvalue weighted by atomic mass is 10.0. The van der Waals surface area contributed by atoms with Crippen molar-refractivity contribution in [1.29, 1.82) is 0 Å². The number of hydrogen-bond acceptors (Lipinski definition) is 2. The summed E-state index contributed by atoms with van der Waals surface area (Å²) in [6, 6.07) is 0. The molecule has 1 aliphatic heterocycles. The zero-order valence-electron chi connectivity index (χ0n) is 5.28. The Bertz CT molecular complexity index is 244. The number of hydrogen-bond donors (Lipinski definition) is 1. The third-order valence-corrected chi connectivity index (χ3v) is 1.81. The highest BCUT2D eigenvalue weighted by Crippen LogP contribution is 2.40. The van der Waals surface area contributed by atoms with Gasteiger partial charge in [-0.1, -0.05) is 18.2 Å². The van der Waals surface area contributed by atoms with Gasteiger partial charge in [0.05, 0.1) is 0 Å². The van der Waals surface area contributed by atoms with E-state index in [2.05, 4.69) is 0 Å². The quantitative estimate of drug-likeness (QED) is 0.506. The molecule has 2 unspecified atom stereocenters. The Labute approximate surface area is 58.2 Å². The van der Waals surface area contributed by atoms with E-state index in [9.17, 15) is 4.79 Å². The lowest BCUT2D eigenvalue weighted by Gasteiger charge is -2.01. The minimum absolute atomic E-state index is 0.102. The predicted molar refractivity (Wildman–Crippen MR) is 35.1 cm³/mol. The highest BCUT2D eigenvalue weighted by Gasteiger charge is 2.59. The highest BCUT2D eigenvalue weighted by atomic mass is 16.6. The fraction of sp³-hybridized carbons (Fsp3) is 0.286. The number of carbonyl (C=O) groups is 1. The Balaban J connectivity index is 2.31. The average molecular weight is 137 g/mol. The molecule has 0 aromatic rings. The van der Waals surface area contributed by atoms with E-state index in [-0.39, 0.29) is 6.10 Å². The number of ether oxygens (including phenoxy) is 1. The predicted octanol–water partition coefficient (Wildman–Crippen LogP) is -0.265. The summed E-state index contributed by atoms with van der Waals surface area (Å²) in [5.74, 6) is -0.405. The standard InChI is InChI=1S/C7H7NO2/c8-6(9)7-4-2-1-3-5(7)10-7/h1-5H,(H2,8,9). The van der Waals surface area contributed by atoms with Crippen molar-refractivity contribution in [2.45, 2.75) is 11.7 Å². The monoisotopic (exact) mass is 137 g/mol. The molecule has 52 valence electrons. The van der Waals surface area contributed by atoms with Crippen LogP contribution in [0.15, 0.2) is 24.3 Å². The second-order valence-corrected chi connectivity index (χ2v) is 2.44. The molecule has 1 saturated heterocycles. The number of carbonyl (C=O) groups excluding carboxylic acids is 1. The van der Waals surface area contributed by atoms with Gasteiger partial charge in [0, 0.05) is 0 Å². The molecule has 2 atom stereocenters. The number of fused-ring (bicyclic) bond motifs is 1. The van der Waals surface area contributed by atoms with Crippen molar-refractivity contribution in [3.8, 4) is 0 Å². The molecule has 0 bridgehead atoms. The van der Waals surface area contributed by atoms with E-state index in [1.165, 1.54) is 0 Å². The summed E-state index contributed by atoms with van der Waals surface area (Å²) in [5.41, 5.74) is 4.31. The summed E-state index contributed by atoms with van der Waals surface area (Å²) in [4.78, 5) is 10.7. The maximum atomic E-state index is 10.7. The van der Waals surface area contributed by atoms with Crippen molar-refractivity contribution in [3.05, 3.63) is 24.3 Å². The first-order valence-corrected chi connectivity index (χ1v) is 3.09. The Morgan fingerprint density at radius 2 is 2.40 bits per heavy atom. The van der Waals surface area contributed by atoms with Crippen molar-refractivity contribution in [3.63, 3.8) is 0 Å². The van der Waals surface area contributed by atoms with Crippen LogP contribution in [0.4, 0.5) is 0 Å². The van der Waals surface area contributed by atoms with Gasteiger partial charge < -0.3 is 10.5 Å². The van der Waals surface area contributed by atoms with Gasteiger partial charge in [-0.05, 0) is 6.08 Å². The van der Waals surface area contributed by atoms with Gasteiger partial charge in [-0.25, -0.2) is 0 Å². The number of epoxide rings is 1. The van der Waals surface area contributed by atoms with Crippen LogP contribution in [-0.4, -0.2) is 17.6 Å². The van der Waals surface area contributed by atoms with E-state index < -0.39 is 11.5 Å². The number of nitrogens with two attached hydrogens (primary N) is 1. The Kier molecular flexibility index (Phi) is 0.847. The normalized spacial score (nSPS) is 41.0. The van der Waals surface area contributed by atoms with Crippen molar-refractivity contribution in [2.75, 3.05) is 0 Å². The van der Waals surface area contributed by atoms with Crippen LogP contribution in [0.1, 0.15) is 0 Å². The van der Waals surface area contributed by atoms with Gasteiger partial charge in [-0.2, -0.15) is 0 Å². The average Bonchev–Trinajstić information content (AvgIpc) is 2.61. The molecule has 3 nitrogen and oxygen atoms in total. The van der Waals surface area contributed by atoms with Crippen LogP contribution < -0.4 is 5.73 Å². The van der Waals surface area contributed by atoms with E-state index in [1.54, 1.807) is 12.2 Å². The Hall–Kier alpha value is -1.09. The minimum atomic E-state index is -0.783. The summed E-state index contributed by atoms with van der Waals surface area (Å²) in [6.07, 6.45) is 7.03. The van der Waals surface area contributed by atoms with Crippen molar-refractivity contribution in [2.24, 2.45) is 5.73 Å². The number of allylic oxidation sites excluding steroid dienone is 2. The molecule has 0 radical (unpaired) electrons. The van der Waals surface area contributed by atoms with Gasteiger partial charge in [0.1, 0.15) is 6.10 Å². The number of primary amides is 1. The maximum Gasteiger partial charge on any atom is 0.256 e. The first kappa shape index (κ1) is 5.68. The van der Waals surface area contributed by atoms with E-state index in [1.807, 2.05) is 12.2 Å². The van der Waals surface area contributed by atoms with Crippen LogP contribution in [0.25, 0.3) is 0 Å². The molecular weight excluding hydrogens is 130 g/mol. The molecule has 1 aliphatic carbocycles. The van der Waals surface area contributed by atoms with Gasteiger partial charge >= 0.3 is 0 Å².